The maximum Gasteiger partial charge on any atom is 0.335 e. The van der Waals surface area contributed by atoms with Crippen LogP contribution in [0.25, 0.3) is 0 Å². The number of aryl methyl sites for hydroxylation is 1. The molecule has 2 aromatic carbocycles. The number of hydrogen-bond acceptors (Lipinski definition) is 3. The number of halogens is 2. The molecule has 4 N–H and O–H groups in total. The average molecular weight is 356 g/mol. The summed E-state index contributed by atoms with van der Waals surface area (Å²) in [5.74, 6) is -1.01. The number of carbonyl (C=O) groups is 1. The zero-order valence-corrected chi connectivity index (χ0v) is 12.9. The highest BCUT2D eigenvalue weighted by Gasteiger charge is 2.09. The Hall–Kier alpha value is -1.72. The summed E-state index contributed by atoms with van der Waals surface area (Å²) in [4.78, 5) is 11.0. The first-order valence-corrected chi connectivity index (χ1v) is 6.91. The Morgan fingerprint density at radius 2 is 2.00 bits per heavy atom. The summed E-state index contributed by atoms with van der Waals surface area (Å²) < 4.78 is 0.819. The zero-order chi connectivity index (χ0) is 14.9. The second-order valence-corrected chi connectivity index (χ2v) is 5.57. The van der Waals surface area contributed by atoms with E-state index < -0.39 is 5.97 Å². The van der Waals surface area contributed by atoms with E-state index in [0.717, 1.165) is 15.7 Å². The summed E-state index contributed by atoms with van der Waals surface area (Å²) in [5, 5.41) is 12.7. The van der Waals surface area contributed by atoms with Crippen molar-refractivity contribution < 1.29 is 9.90 Å². The molecule has 4 nitrogen and oxygen atoms in total. The summed E-state index contributed by atoms with van der Waals surface area (Å²) in [6.45, 7) is 1.90. The zero-order valence-electron chi connectivity index (χ0n) is 10.6. The highest BCUT2D eigenvalue weighted by Crippen LogP contribution is 2.33. The number of anilines is 3. The van der Waals surface area contributed by atoms with Crippen LogP contribution in [0, 0.1) is 6.92 Å². The minimum atomic E-state index is -1.01. The van der Waals surface area contributed by atoms with Crippen LogP contribution in [0.3, 0.4) is 0 Å². The fourth-order valence-electron chi connectivity index (χ4n) is 1.68. The van der Waals surface area contributed by atoms with Gasteiger partial charge in [0.1, 0.15) is 0 Å². The smallest absolute Gasteiger partial charge is 0.335 e. The van der Waals surface area contributed by atoms with E-state index in [1.165, 1.54) is 12.1 Å². The molecule has 0 saturated carbocycles. The molecule has 2 rings (SSSR count). The van der Waals surface area contributed by atoms with Crippen molar-refractivity contribution in [3.05, 3.63) is 51.0 Å². The number of carboxylic acid groups (broad SMARTS) is 1. The van der Waals surface area contributed by atoms with Crippen LogP contribution >= 0.6 is 27.5 Å². The summed E-state index contributed by atoms with van der Waals surface area (Å²) in [5.41, 5.74) is 8.65. The van der Waals surface area contributed by atoms with E-state index in [-0.39, 0.29) is 5.56 Å². The molecule has 0 radical (unpaired) electrons. The molecule has 0 aromatic heterocycles. The van der Waals surface area contributed by atoms with Gasteiger partial charge in [-0.3, -0.25) is 0 Å². The highest BCUT2D eigenvalue weighted by molar-refractivity contribution is 9.10. The number of rotatable bonds is 3. The van der Waals surface area contributed by atoms with Gasteiger partial charge in [-0.1, -0.05) is 11.6 Å². The van der Waals surface area contributed by atoms with E-state index in [1.807, 2.05) is 13.0 Å². The van der Waals surface area contributed by atoms with Crippen LogP contribution in [0.2, 0.25) is 5.02 Å². The van der Waals surface area contributed by atoms with E-state index in [2.05, 4.69) is 21.2 Å². The first kappa shape index (κ1) is 14.7. The van der Waals surface area contributed by atoms with Crippen LogP contribution in [0.15, 0.2) is 34.8 Å². The molecule has 0 heterocycles. The van der Waals surface area contributed by atoms with E-state index >= 15 is 0 Å². The molecule has 0 aliphatic carbocycles. The molecule has 0 saturated heterocycles. The molecule has 0 atom stereocenters. The predicted molar refractivity (Wildman–Crippen MR) is 85.0 cm³/mol. The Morgan fingerprint density at radius 1 is 1.30 bits per heavy atom. The van der Waals surface area contributed by atoms with Gasteiger partial charge in [-0.05, 0) is 58.7 Å². The number of hydrogen-bond donors (Lipinski definition) is 3. The number of nitrogens with two attached hydrogens (primary N) is 1. The number of benzene rings is 2. The van der Waals surface area contributed by atoms with E-state index in [1.54, 1.807) is 12.1 Å². The molecule has 0 bridgehead atoms. The first-order valence-electron chi connectivity index (χ1n) is 5.74. The van der Waals surface area contributed by atoms with Gasteiger partial charge in [0.25, 0.3) is 0 Å². The van der Waals surface area contributed by atoms with Gasteiger partial charge < -0.3 is 16.2 Å². The maximum atomic E-state index is 11.0. The van der Waals surface area contributed by atoms with Gasteiger partial charge in [0.05, 0.1) is 22.6 Å². The molecule has 0 amide bonds. The van der Waals surface area contributed by atoms with E-state index in [9.17, 15) is 4.79 Å². The lowest BCUT2D eigenvalue weighted by atomic mass is 10.1. The molecule has 0 aliphatic rings. The fourth-order valence-corrected chi connectivity index (χ4v) is 2.41. The Morgan fingerprint density at radius 3 is 2.65 bits per heavy atom. The standard InChI is InChI=1S/C14H12BrClN2O2/c1-7-4-9(15)12(6-10(7)16)18-13-5-8(14(19)20)2-3-11(13)17/h2-6,18H,17H2,1H3,(H,19,20). The first-order chi connectivity index (χ1) is 9.38. The summed E-state index contributed by atoms with van der Waals surface area (Å²) in [6.07, 6.45) is 0. The van der Waals surface area contributed by atoms with Gasteiger partial charge in [0.15, 0.2) is 0 Å². The predicted octanol–water partition coefficient (Wildman–Crippen LogP) is 4.43. The minimum absolute atomic E-state index is 0.163. The molecule has 2 aromatic rings. The third kappa shape index (κ3) is 3.05. The quantitative estimate of drug-likeness (QED) is 0.712. The van der Waals surface area contributed by atoms with Crippen molar-refractivity contribution in [2.24, 2.45) is 0 Å². The lowest BCUT2D eigenvalue weighted by Crippen LogP contribution is -2.02. The highest BCUT2D eigenvalue weighted by atomic mass is 79.9. The molecular weight excluding hydrogens is 344 g/mol. The topological polar surface area (TPSA) is 75.3 Å². The average Bonchev–Trinajstić information content (AvgIpc) is 2.38. The van der Waals surface area contributed by atoms with Crippen molar-refractivity contribution in [1.82, 2.24) is 0 Å². The maximum absolute atomic E-state index is 11.0. The number of nitrogens with one attached hydrogen (secondary N) is 1. The van der Waals surface area contributed by atoms with Crippen molar-refractivity contribution in [2.75, 3.05) is 11.1 Å². The number of nitrogen functional groups attached to an aromatic ring is 1. The fraction of sp³-hybridized carbons (Fsp3) is 0.0714. The van der Waals surface area contributed by atoms with Gasteiger partial charge in [-0.2, -0.15) is 0 Å². The lowest BCUT2D eigenvalue weighted by molar-refractivity contribution is 0.0697. The van der Waals surface area contributed by atoms with Gasteiger partial charge in [-0.25, -0.2) is 4.79 Å². The lowest BCUT2D eigenvalue weighted by Gasteiger charge is -2.13. The van der Waals surface area contributed by atoms with Crippen LogP contribution in [0.1, 0.15) is 15.9 Å². The summed E-state index contributed by atoms with van der Waals surface area (Å²) >= 11 is 9.52. The van der Waals surface area contributed by atoms with Gasteiger partial charge in [-0.15, -0.1) is 0 Å². The second kappa shape index (κ2) is 5.73. The molecule has 6 heteroatoms. The van der Waals surface area contributed by atoms with Crippen LogP contribution in [-0.2, 0) is 0 Å². The minimum Gasteiger partial charge on any atom is -0.478 e. The third-order valence-corrected chi connectivity index (χ3v) is 3.88. The molecule has 0 aliphatic heterocycles. The van der Waals surface area contributed by atoms with Gasteiger partial charge >= 0.3 is 5.97 Å². The van der Waals surface area contributed by atoms with Gasteiger partial charge in [0, 0.05) is 9.50 Å². The third-order valence-electron chi connectivity index (χ3n) is 2.82. The van der Waals surface area contributed by atoms with E-state index in [0.29, 0.717) is 16.4 Å². The van der Waals surface area contributed by atoms with Crippen LogP contribution < -0.4 is 11.1 Å². The molecule has 104 valence electrons. The summed E-state index contributed by atoms with van der Waals surface area (Å²) in [6, 6.07) is 8.13. The Balaban J connectivity index is 2.42. The normalized spacial score (nSPS) is 10.3. The molecule has 0 unspecified atom stereocenters. The molecule has 20 heavy (non-hydrogen) atoms. The summed E-state index contributed by atoms with van der Waals surface area (Å²) in [7, 11) is 0. The van der Waals surface area contributed by atoms with E-state index in [4.69, 9.17) is 22.4 Å². The van der Waals surface area contributed by atoms with Crippen LogP contribution in [-0.4, -0.2) is 11.1 Å². The van der Waals surface area contributed by atoms with Crippen molar-refractivity contribution in [1.29, 1.82) is 0 Å². The van der Waals surface area contributed by atoms with Crippen molar-refractivity contribution in [3.8, 4) is 0 Å². The molecule has 0 fully saturated rings. The second-order valence-electron chi connectivity index (χ2n) is 4.31. The Kier molecular flexibility index (Phi) is 4.20. The van der Waals surface area contributed by atoms with Crippen LogP contribution in [0.4, 0.5) is 17.1 Å². The Labute approximate surface area is 129 Å². The SMILES string of the molecule is Cc1cc(Br)c(Nc2cc(C(=O)O)ccc2N)cc1Cl. The largest absolute Gasteiger partial charge is 0.478 e. The number of carboxylic acids is 1. The van der Waals surface area contributed by atoms with Gasteiger partial charge in [0.2, 0.25) is 0 Å². The monoisotopic (exact) mass is 354 g/mol. The number of aromatic carboxylic acids is 1. The van der Waals surface area contributed by atoms with Crippen molar-refractivity contribution in [3.63, 3.8) is 0 Å². The van der Waals surface area contributed by atoms with Crippen molar-refractivity contribution in [2.45, 2.75) is 6.92 Å². The van der Waals surface area contributed by atoms with Crippen molar-refractivity contribution >= 4 is 50.6 Å². The molecule has 0 spiro atoms. The Bertz CT molecular complexity index is 689. The van der Waals surface area contributed by atoms with Crippen LogP contribution in [0.5, 0.6) is 0 Å². The molecular formula is C14H12BrClN2O2.